The topological polar surface area (TPSA) is 50.4 Å². The fraction of sp³-hybridized carbons (Fsp3) is 0.167. The van der Waals surface area contributed by atoms with Crippen molar-refractivity contribution in [2.24, 2.45) is 0 Å². The fourth-order valence-electron chi connectivity index (χ4n) is 2.07. The highest BCUT2D eigenvalue weighted by Crippen LogP contribution is 2.18. The van der Waals surface area contributed by atoms with Gasteiger partial charge in [0.1, 0.15) is 5.75 Å². The van der Waals surface area contributed by atoms with Crippen molar-refractivity contribution in [1.82, 2.24) is 10.6 Å². The lowest BCUT2D eigenvalue weighted by Gasteiger charge is -2.07. The van der Waals surface area contributed by atoms with Crippen molar-refractivity contribution in [2.75, 3.05) is 13.7 Å². The number of amides is 2. The van der Waals surface area contributed by atoms with Crippen molar-refractivity contribution in [2.45, 2.75) is 6.42 Å². The molecular weight excluding hydrogens is 356 g/mol. The highest BCUT2D eigenvalue weighted by Gasteiger charge is 2.01. The Morgan fingerprint density at radius 3 is 2.70 bits per heavy atom. The van der Waals surface area contributed by atoms with Crippen LogP contribution in [0.15, 0.2) is 59.2 Å². The van der Waals surface area contributed by atoms with Crippen LogP contribution in [0.4, 0.5) is 4.79 Å². The van der Waals surface area contributed by atoms with Crippen molar-refractivity contribution >= 4 is 28.0 Å². The van der Waals surface area contributed by atoms with Gasteiger partial charge in [0.05, 0.1) is 7.11 Å². The average molecular weight is 375 g/mol. The molecule has 4 nitrogen and oxygen atoms in total. The number of urea groups is 1. The van der Waals surface area contributed by atoms with Crippen LogP contribution in [0.25, 0.3) is 6.08 Å². The summed E-state index contributed by atoms with van der Waals surface area (Å²) in [6.07, 6.45) is 4.17. The number of carbonyl (C=O) groups excluding carboxylic acids is 1. The molecule has 0 fully saturated rings. The second kappa shape index (κ2) is 9.00. The Kier molecular flexibility index (Phi) is 6.69. The summed E-state index contributed by atoms with van der Waals surface area (Å²) >= 11 is 3.49. The lowest BCUT2D eigenvalue weighted by atomic mass is 10.1. The molecule has 2 aromatic rings. The van der Waals surface area contributed by atoms with Crippen LogP contribution in [0.3, 0.4) is 0 Å². The van der Waals surface area contributed by atoms with Crippen LogP contribution in [-0.2, 0) is 6.42 Å². The number of halogens is 1. The zero-order valence-corrected chi connectivity index (χ0v) is 14.5. The van der Waals surface area contributed by atoms with Crippen molar-refractivity contribution in [3.05, 3.63) is 70.3 Å². The van der Waals surface area contributed by atoms with Crippen LogP contribution in [0.5, 0.6) is 5.75 Å². The normalized spacial score (nSPS) is 10.5. The summed E-state index contributed by atoms with van der Waals surface area (Å²) in [7, 11) is 1.62. The van der Waals surface area contributed by atoms with Gasteiger partial charge in [0.2, 0.25) is 0 Å². The second-order valence-corrected chi connectivity index (χ2v) is 5.67. The van der Waals surface area contributed by atoms with Crippen LogP contribution >= 0.6 is 15.9 Å². The van der Waals surface area contributed by atoms with Crippen LogP contribution in [-0.4, -0.2) is 19.7 Å². The van der Waals surface area contributed by atoms with E-state index in [-0.39, 0.29) is 6.03 Å². The van der Waals surface area contributed by atoms with Gasteiger partial charge in [-0.1, -0.05) is 52.3 Å². The van der Waals surface area contributed by atoms with Crippen LogP contribution in [0.2, 0.25) is 0 Å². The molecule has 2 aromatic carbocycles. The summed E-state index contributed by atoms with van der Waals surface area (Å²) in [5.41, 5.74) is 2.07. The first-order valence-electron chi connectivity index (χ1n) is 7.28. The number of benzene rings is 2. The van der Waals surface area contributed by atoms with Gasteiger partial charge in [0.15, 0.2) is 0 Å². The summed E-state index contributed by atoms with van der Waals surface area (Å²) in [6.45, 7) is 0.566. The maximum absolute atomic E-state index is 11.7. The number of para-hydroxylation sites is 1. The van der Waals surface area contributed by atoms with E-state index < -0.39 is 0 Å². The smallest absolute Gasteiger partial charge is 0.318 e. The monoisotopic (exact) mass is 374 g/mol. The van der Waals surface area contributed by atoms with Gasteiger partial charge >= 0.3 is 6.03 Å². The number of methoxy groups -OCH3 is 1. The highest BCUT2D eigenvalue weighted by molar-refractivity contribution is 9.10. The van der Waals surface area contributed by atoms with E-state index in [0.717, 1.165) is 27.8 Å². The van der Waals surface area contributed by atoms with E-state index in [4.69, 9.17) is 4.74 Å². The SMILES string of the molecule is COc1ccccc1/C=C/NC(=O)NCCc1ccccc1Br. The maximum Gasteiger partial charge on any atom is 0.318 e. The Labute approximate surface area is 144 Å². The Morgan fingerprint density at radius 2 is 1.91 bits per heavy atom. The molecule has 2 rings (SSSR count). The first kappa shape index (κ1) is 17.1. The molecule has 0 saturated heterocycles. The molecule has 5 heteroatoms. The lowest BCUT2D eigenvalue weighted by molar-refractivity contribution is 0.244. The van der Waals surface area contributed by atoms with Crippen molar-refractivity contribution in [3.8, 4) is 5.75 Å². The van der Waals surface area contributed by atoms with Crippen molar-refractivity contribution < 1.29 is 9.53 Å². The number of ether oxygens (including phenoxy) is 1. The molecule has 0 aliphatic rings. The van der Waals surface area contributed by atoms with Gasteiger partial charge in [-0.3, -0.25) is 0 Å². The molecule has 2 amide bonds. The number of carbonyl (C=O) groups is 1. The number of hydrogen-bond acceptors (Lipinski definition) is 2. The fourth-order valence-corrected chi connectivity index (χ4v) is 2.56. The van der Waals surface area contributed by atoms with Gasteiger partial charge in [-0.25, -0.2) is 4.79 Å². The first-order valence-corrected chi connectivity index (χ1v) is 8.07. The summed E-state index contributed by atoms with van der Waals surface area (Å²) in [5, 5.41) is 5.51. The first-order chi connectivity index (χ1) is 11.2. The second-order valence-electron chi connectivity index (χ2n) is 4.82. The largest absolute Gasteiger partial charge is 0.496 e. The van der Waals surface area contributed by atoms with Gasteiger partial charge in [-0.05, 0) is 30.2 Å². The Hall–Kier alpha value is -2.27. The molecular formula is C18H19BrN2O2. The average Bonchev–Trinajstić information content (AvgIpc) is 2.57. The van der Waals surface area contributed by atoms with E-state index >= 15 is 0 Å². The molecule has 0 aliphatic heterocycles. The van der Waals surface area contributed by atoms with Crippen molar-refractivity contribution in [1.29, 1.82) is 0 Å². The Morgan fingerprint density at radius 1 is 1.17 bits per heavy atom. The third-order valence-electron chi connectivity index (χ3n) is 3.25. The quantitative estimate of drug-likeness (QED) is 0.803. The van der Waals surface area contributed by atoms with Gasteiger partial charge in [0.25, 0.3) is 0 Å². The van der Waals surface area contributed by atoms with E-state index in [0.29, 0.717) is 6.54 Å². The van der Waals surface area contributed by atoms with Gasteiger partial charge in [0, 0.05) is 22.8 Å². The van der Waals surface area contributed by atoms with Crippen LogP contribution in [0.1, 0.15) is 11.1 Å². The highest BCUT2D eigenvalue weighted by atomic mass is 79.9. The zero-order valence-electron chi connectivity index (χ0n) is 12.9. The zero-order chi connectivity index (χ0) is 16.5. The summed E-state index contributed by atoms with van der Waals surface area (Å²) < 4.78 is 6.30. The minimum absolute atomic E-state index is 0.233. The van der Waals surface area contributed by atoms with E-state index in [1.807, 2.05) is 48.5 Å². The molecule has 120 valence electrons. The molecule has 2 N–H and O–H groups in total. The van der Waals surface area contributed by atoms with E-state index in [2.05, 4.69) is 26.6 Å². The van der Waals surface area contributed by atoms with Gasteiger partial charge < -0.3 is 15.4 Å². The minimum Gasteiger partial charge on any atom is -0.496 e. The number of rotatable bonds is 6. The molecule has 0 aromatic heterocycles. The minimum atomic E-state index is -0.233. The molecule has 23 heavy (non-hydrogen) atoms. The lowest BCUT2D eigenvalue weighted by Crippen LogP contribution is -2.33. The summed E-state index contributed by atoms with van der Waals surface area (Å²) in [6, 6.07) is 15.4. The number of nitrogens with one attached hydrogen (secondary N) is 2. The molecule has 0 aliphatic carbocycles. The standard InChI is InChI=1S/C18H19BrN2O2/c1-23-17-9-5-3-7-15(17)11-13-21-18(22)20-12-10-14-6-2-4-8-16(14)19/h2-9,11,13H,10,12H2,1H3,(H2,20,21,22)/b13-11+. The maximum atomic E-state index is 11.7. The van der Waals surface area contributed by atoms with Crippen LogP contribution in [0, 0.1) is 0 Å². The molecule has 0 radical (unpaired) electrons. The van der Waals surface area contributed by atoms with Crippen LogP contribution < -0.4 is 15.4 Å². The predicted octanol–water partition coefficient (Wildman–Crippen LogP) is 3.97. The van der Waals surface area contributed by atoms with E-state index in [1.54, 1.807) is 19.4 Å². The summed E-state index contributed by atoms with van der Waals surface area (Å²) in [4.78, 5) is 11.7. The van der Waals surface area contributed by atoms with E-state index in [9.17, 15) is 4.79 Å². The third-order valence-corrected chi connectivity index (χ3v) is 4.03. The molecule has 0 atom stereocenters. The molecule has 0 unspecified atom stereocenters. The Balaban J connectivity index is 1.77. The van der Waals surface area contributed by atoms with Gasteiger partial charge in [-0.15, -0.1) is 0 Å². The molecule has 0 spiro atoms. The van der Waals surface area contributed by atoms with Gasteiger partial charge in [-0.2, -0.15) is 0 Å². The third kappa shape index (κ3) is 5.45. The van der Waals surface area contributed by atoms with Crippen molar-refractivity contribution in [3.63, 3.8) is 0 Å². The van der Waals surface area contributed by atoms with E-state index in [1.165, 1.54) is 0 Å². The summed E-state index contributed by atoms with van der Waals surface area (Å²) in [5.74, 6) is 0.764. The Bertz CT molecular complexity index is 686. The molecule has 0 heterocycles. The predicted molar refractivity (Wildman–Crippen MR) is 96.4 cm³/mol. The number of hydrogen-bond donors (Lipinski definition) is 2. The molecule has 0 saturated carbocycles. The molecule has 0 bridgehead atoms.